The number of piperidine rings is 1. The van der Waals surface area contributed by atoms with Gasteiger partial charge in [0.05, 0.1) is 0 Å². The summed E-state index contributed by atoms with van der Waals surface area (Å²) in [5.41, 5.74) is 1.38. The van der Waals surface area contributed by atoms with Gasteiger partial charge in [-0.3, -0.25) is 14.5 Å². The Morgan fingerprint density at radius 3 is 2.38 bits per heavy atom. The van der Waals surface area contributed by atoms with E-state index >= 15 is 0 Å². The normalized spacial score (nSPS) is 27.9. The molecule has 0 aromatic heterocycles. The van der Waals surface area contributed by atoms with Gasteiger partial charge in [0, 0.05) is 58.3 Å². The van der Waals surface area contributed by atoms with Crippen LogP contribution in [0, 0.1) is 11.3 Å². The Kier molecular flexibility index (Phi) is 6.33. The zero-order valence-electron chi connectivity index (χ0n) is 19.0. The molecule has 2 atom stereocenters. The van der Waals surface area contributed by atoms with E-state index in [0.717, 1.165) is 77.9 Å². The third-order valence-electron chi connectivity index (χ3n) is 7.92. The first-order chi connectivity index (χ1) is 15.6. The smallest absolute Gasteiger partial charge is 0.251 e. The average molecular weight is 438 g/mol. The van der Waals surface area contributed by atoms with Crippen LogP contribution in [-0.2, 0) is 14.3 Å². The van der Waals surface area contributed by atoms with Gasteiger partial charge in [-0.15, -0.1) is 0 Å². The lowest BCUT2D eigenvalue weighted by molar-refractivity contribution is -0.142. The maximum atomic E-state index is 13.2. The van der Waals surface area contributed by atoms with Crippen LogP contribution in [0.5, 0.6) is 0 Å². The molecule has 4 aliphatic rings. The highest BCUT2D eigenvalue weighted by molar-refractivity contribution is 5.83. The number of carbonyl (C=O) groups is 2. The van der Waals surface area contributed by atoms with Crippen LogP contribution in [0.25, 0.3) is 6.08 Å². The van der Waals surface area contributed by atoms with Crippen LogP contribution in [0.1, 0.15) is 37.7 Å². The molecule has 0 bridgehead atoms. The highest BCUT2D eigenvalue weighted by Crippen LogP contribution is 2.60. The Bertz CT molecular complexity index is 833. The molecule has 32 heavy (non-hydrogen) atoms. The number of nitrogens with zero attached hydrogens (tertiary/aromatic N) is 3. The number of ether oxygens (including phenoxy) is 1. The van der Waals surface area contributed by atoms with Crippen molar-refractivity contribution >= 4 is 17.9 Å². The maximum absolute atomic E-state index is 13.2. The van der Waals surface area contributed by atoms with Crippen LogP contribution < -0.4 is 0 Å². The molecule has 172 valence electrons. The first-order valence-corrected chi connectivity index (χ1v) is 12.3. The van der Waals surface area contributed by atoms with Crippen molar-refractivity contribution in [3.05, 3.63) is 42.0 Å². The monoisotopic (exact) mass is 437 g/mol. The van der Waals surface area contributed by atoms with Gasteiger partial charge in [-0.25, -0.2) is 0 Å². The lowest BCUT2D eigenvalue weighted by atomic mass is 9.90. The molecule has 2 amide bonds. The van der Waals surface area contributed by atoms with Crippen molar-refractivity contribution in [2.24, 2.45) is 11.3 Å². The second-order valence-electron chi connectivity index (χ2n) is 9.88. The van der Waals surface area contributed by atoms with E-state index in [1.807, 2.05) is 11.0 Å². The van der Waals surface area contributed by atoms with Crippen molar-refractivity contribution in [1.29, 1.82) is 0 Å². The summed E-state index contributed by atoms with van der Waals surface area (Å²) < 4.78 is 5.57. The van der Waals surface area contributed by atoms with Crippen molar-refractivity contribution in [3.8, 4) is 0 Å². The molecule has 3 aliphatic heterocycles. The minimum atomic E-state index is -0.223. The van der Waals surface area contributed by atoms with Gasteiger partial charge in [0.25, 0.3) is 5.91 Å². The van der Waals surface area contributed by atoms with Gasteiger partial charge in [-0.05, 0) is 43.1 Å². The number of amides is 2. The van der Waals surface area contributed by atoms with Crippen molar-refractivity contribution in [2.75, 3.05) is 52.4 Å². The van der Waals surface area contributed by atoms with Crippen molar-refractivity contribution in [1.82, 2.24) is 14.7 Å². The highest BCUT2D eigenvalue weighted by atomic mass is 16.5. The van der Waals surface area contributed by atoms with E-state index in [2.05, 4.69) is 46.2 Å². The molecule has 4 fully saturated rings. The summed E-state index contributed by atoms with van der Waals surface area (Å²) in [4.78, 5) is 32.2. The lowest BCUT2D eigenvalue weighted by Crippen LogP contribution is -2.50. The number of piperazine rings is 1. The van der Waals surface area contributed by atoms with Gasteiger partial charge in [0.2, 0.25) is 5.91 Å². The molecule has 0 radical (unpaired) electrons. The average Bonchev–Trinajstić information content (AvgIpc) is 3.26. The minimum absolute atomic E-state index is 0.153. The summed E-state index contributed by atoms with van der Waals surface area (Å²) in [5.74, 6) is 0.689. The van der Waals surface area contributed by atoms with Crippen LogP contribution in [0.3, 0.4) is 0 Å². The van der Waals surface area contributed by atoms with E-state index in [0.29, 0.717) is 12.5 Å². The quantitative estimate of drug-likeness (QED) is 0.711. The topological polar surface area (TPSA) is 53.1 Å². The third kappa shape index (κ3) is 4.62. The first kappa shape index (κ1) is 21.7. The van der Waals surface area contributed by atoms with E-state index in [4.69, 9.17) is 4.74 Å². The highest BCUT2D eigenvalue weighted by Gasteiger charge is 2.59. The fraction of sp³-hybridized carbons (Fsp3) is 0.615. The standard InChI is InChI=1S/C26H35N3O3/c30-24(29-17-15-27(16-18-29)12-4-8-21-6-2-1-3-7-21)22-20-26(22)10-13-28(14-11-26)25(31)23-9-5-19-32-23/h1-4,6-8,22-23H,5,9-20H2/b8-4+/t22-,23-/m1/s1. The Labute approximate surface area is 191 Å². The Morgan fingerprint density at radius 2 is 1.69 bits per heavy atom. The minimum Gasteiger partial charge on any atom is -0.368 e. The number of hydrogen-bond donors (Lipinski definition) is 0. The van der Waals surface area contributed by atoms with Crippen LogP contribution in [0.2, 0.25) is 0 Å². The second-order valence-corrected chi connectivity index (χ2v) is 9.88. The van der Waals surface area contributed by atoms with E-state index < -0.39 is 0 Å². The van der Waals surface area contributed by atoms with E-state index in [-0.39, 0.29) is 23.3 Å². The van der Waals surface area contributed by atoms with Gasteiger partial charge in [-0.2, -0.15) is 0 Å². The molecule has 1 aromatic carbocycles. The number of benzene rings is 1. The first-order valence-electron chi connectivity index (χ1n) is 12.3. The molecular weight excluding hydrogens is 402 g/mol. The van der Waals surface area contributed by atoms with Crippen LogP contribution in [0.15, 0.2) is 36.4 Å². The van der Waals surface area contributed by atoms with Crippen LogP contribution in [0.4, 0.5) is 0 Å². The third-order valence-corrected chi connectivity index (χ3v) is 7.92. The van der Waals surface area contributed by atoms with E-state index in [1.165, 1.54) is 5.56 Å². The molecule has 6 heteroatoms. The fourth-order valence-corrected chi connectivity index (χ4v) is 5.67. The summed E-state index contributed by atoms with van der Waals surface area (Å²) in [6.45, 7) is 6.74. The van der Waals surface area contributed by atoms with Crippen molar-refractivity contribution in [2.45, 2.75) is 38.2 Å². The molecular formula is C26H35N3O3. The zero-order valence-corrected chi connectivity index (χ0v) is 19.0. The predicted octanol–water partition coefficient (Wildman–Crippen LogP) is 2.65. The SMILES string of the molecule is O=C([C@H]1CC12CCN(C(=O)[C@H]1CCCO1)CC2)N1CCN(C/C=C/c2ccccc2)CC1. The zero-order chi connectivity index (χ0) is 22.0. The Morgan fingerprint density at radius 1 is 0.969 bits per heavy atom. The molecule has 0 N–H and O–H groups in total. The maximum Gasteiger partial charge on any atom is 0.251 e. The number of hydrogen-bond acceptors (Lipinski definition) is 4. The van der Waals surface area contributed by atoms with Gasteiger partial charge in [0.15, 0.2) is 0 Å². The van der Waals surface area contributed by atoms with Gasteiger partial charge >= 0.3 is 0 Å². The van der Waals surface area contributed by atoms with Gasteiger partial charge in [-0.1, -0.05) is 42.5 Å². The van der Waals surface area contributed by atoms with E-state index in [9.17, 15) is 9.59 Å². The van der Waals surface area contributed by atoms with Crippen molar-refractivity contribution < 1.29 is 14.3 Å². The molecule has 3 heterocycles. The number of rotatable bonds is 5. The van der Waals surface area contributed by atoms with E-state index in [1.54, 1.807) is 0 Å². The van der Waals surface area contributed by atoms with Gasteiger partial charge < -0.3 is 14.5 Å². The molecule has 0 unspecified atom stereocenters. The molecule has 5 rings (SSSR count). The molecule has 1 saturated carbocycles. The molecule has 6 nitrogen and oxygen atoms in total. The Balaban J connectivity index is 1.05. The van der Waals surface area contributed by atoms with Crippen molar-refractivity contribution in [3.63, 3.8) is 0 Å². The summed E-state index contributed by atoms with van der Waals surface area (Å²) in [5, 5.41) is 0. The summed E-state index contributed by atoms with van der Waals surface area (Å²) in [7, 11) is 0. The molecule has 3 saturated heterocycles. The number of likely N-dealkylation sites (tertiary alicyclic amines) is 1. The molecule has 1 aromatic rings. The Hall–Kier alpha value is -2.18. The number of carbonyl (C=O) groups excluding carboxylic acids is 2. The van der Waals surface area contributed by atoms with Crippen LogP contribution in [-0.4, -0.2) is 85.0 Å². The second kappa shape index (κ2) is 9.36. The van der Waals surface area contributed by atoms with Crippen LogP contribution >= 0.6 is 0 Å². The molecule has 1 spiro atoms. The molecule has 1 aliphatic carbocycles. The lowest BCUT2D eigenvalue weighted by Gasteiger charge is -2.36. The predicted molar refractivity (Wildman–Crippen MR) is 124 cm³/mol. The summed E-state index contributed by atoms with van der Waals surface area (Å²) in [6, 6.07) is 10.4. The summed E-state index contributed by atoms with van der Waals surface area (Å²) in [6.07, 6.45) is 8.94. The largest absolute Gasteiger partial charge is 0.368 e. The van der Waals surface area contributed by atoms with Gasteiger partial charge in [0.1, 0.15) is 6.10 Å². The summed E-state index contributed by atoms with van der Waals surface area (Å²) >= 11 is 0. The fourth-order valence-electron chi connectivity index (χ4n) is 5.67.